The Morgan fingerprint density at radius 2 is 2.05 bits per heavy atom. The van der Waals surface area contributed by atoms with Crippen LogP contribution in [-0.2, 0) is 4.74 Å². The standard InChI is InChI=1S/C16H23ClO2/c1-15(2,3)16(12-19-16)9-4-5-10-18-14-8-6-7-13(17)11-14/h6-8,11H,4-5,9-10,12H2,1-3H3. The van der Waals surface area contributed by atoms with Gasteiger partial charge in [0, 0.05) is 5.02 Å². The molecular formula is C16H23ClO2. The highest BCUT2D eigenvalue weighted by atomic mass is 35.5. The van der Waals surface area contributed by atoms with Crippen LogP contribution in [-0.4, -0.2) is 18.8 Å². The Labute approximate surface area is 121 Å². The van der Waals surface area contributed by atoms with E-state index in [0.29, 0.717) is 0 Å². The number of halogens is 1. The zero-order chi connectivity index (χ0) is 13.9. The molecule has 1 aliphatic rings. The molecule has 0 saturated carbocycles. The summed E-state index contributed by atoms with van der Waals surface area (Å²) in [6.07, 6.45) is 3.31. The Bertz CT molecular complexity index is 419. The van der Waals surface area contributed by atoms with Crippen molar-refractivity contribution in [3.05, 3.63) is 29.3 Å². The quantitative estimate of drug-likeness (QED) is 0.557. The van der Waals surface area contributed by atoms with Gasteiger partial charge in [0.15, 0.2) is 0 Å². The average Bonchev–Trinajstić information content (AvgIpc) is 3.09. The lowest BCUT2D eigenvalue weighted by Crippen LogP contribution is -2.30. The monoisotopic (exact) mass is 282 g/mol. The number of hydrogen-bond acceptors (Lipinski definition) is 2. The lowest BCUT2D eigenvalue weighted by atomic mass is 9.78. The molecule has 0 aliphatic carbocycles. The predicted octanol–water partition coefficient (Wildman–Crippen LogP) is 4.70. The highest BCUT2D eigenvalue weighted by Crippen LogP contribution is 2.47. The van der Waals surface area contributed by atoms with E-state index in [-0.39, 0.29) is 11.0 Å². The minimum absolute atomic E-state index is 0.114. The molecule has 1 fully saturated rings. The molecule has 106 valence electrons. The molecule has 0 amide bonds. The molecule has 0 spiro atoms. The van der Waals surface area contributed by atoms with Gasteiger partial charge in [-0.3, -0.25) is 0 Å². The largest absolute Gasteiger partial charge is 0.494 e. The fourth-order valence-electron chi connectivity index (χ4n) is 2.30. The Morgan fingerprint density at radius 3 is 2.63 bits per heavy atom. The zero-order valence-electron chi connectivity index (χ0n) is 12.0. The van der Waals surface area contributed by atoms with E-state index in [1.165, 1.54) is 0 Å². The van der Waals surface area contributed by atoms with E-state index in [2.05, 4.69) is 20.8 Å². The van der Waals surface area contributed by atoms with Gasteiger partial charge in [0.25, 0.3) is 0 Å². The van der Waals surface area contributed by atoms with Crippen LogP contribution in [0.15, 0.2) is 24.3 Å². The summed E-state index contributed by atoms with van der Waals surface area (Å²) < 4.78 is 11.4. The number of hydrogen-bond donors (Lipinski definition) is 0. The van der Waals surface area contributed by atoms with Gasteiger partial charge in [0.05, 0.1) is 18.8 Å². The average molecular weight is 283 g/mol. The van der Waals surface area contributed by atoms with Crippen molar-refractivity contribution in [1.82, 2.24) is 0 Å². The van der Waals surface area contributed by atoms with Gasteiger partial charge in [0.1, 0.15) is 5.75 Å². The maximum atomic E-state index is 5.91. The molecule has 1 atom stereocenters. The van der Waals surface area contributed by atoms with Crippen molar-refractivity contribution < 1.29 is 9.47 Å². The normalized spacial score (nSPS) is 22.3. The van der Waals surface area contributed by atoms with Crippen LogP contribution in [0.5, 0.6) is 5.75 Å². The topological polar surface area (TPSA) is 21.8 Å². The third-order valence-corrected chi connectivity index (χ3v) is 4.13. The molecule has 1 unspecified atom stereocenters. The highest BCUT2D eigenvalue weighted by molar-refractivity contribution is 6.30. The Kier molecular flexibility index (Phi) is 4.42. The van der Waals surface area contributed by atoms with Crippen molar-refractivity contribution in [2.24, 2.45) is 5.41 Å². The van der Waals surface area contributed by atoms with Crippen molar-refractivity contribution in [2.75, 3.05) is 13.2 Å². The molecule has 1 aromatic carbocycles. The predicted molar refractivity (Wildman–Crippen MR) is 78.9 cm³/mol. The van der Waals surface area contributed by atoms with Crippen LogP contribution in [0.1, 0.15) is 40.0 Å². The maximum Gasteiger partial charge on any atom is 0.120 e. The number of benzene rings is 1. The number of ether oxygens (including phenoxy) is 2. The lowest BCUT2D eigenvalue weighted by Gasteiger charge is -2.27. The second kappa shape index (κ2) is 5.72. The first-order valence-electron chi connectivity index (χ1n) is 6.95. The summed E-state index contributed by atoms with van der Waals surface area (Å²) in [6, 6.07) is 7.55. The van der Waals surface area contributed by atoms with Crippen molar-refractivity contribution in [2.45, 2.75) is 45.6 Å². The second-order valence-electron chi connectivity index (χ2n) is 6.30. The van der Waals surface area contributed by atoms with E-state index in [0.717, 1.165) is 43.2 Å². The molecule has 0 radical (unpaired) electrons. The first-order valence-corrected chi connectivity index (χ1v) is 7.33. The Morgan fingerprint density at radius 1 is 1.32 bits per heavy atom. The Balaban J connectivity index is 1.66. The van der Waals surface area contributed by atoms with Gasteiger partial charge in [-0.2, -0.15) is 0 Å². The van der Waals surface area contributed by atoms with Crippen LogP contribution in [0, 0.1) is 5.41 Å². The summed E-state index contributed by atoms with van der Waals surface area (Å²) in [5, 5.41) is 0.718. The van der Waals surface area contributed by atoms with Crippen LogP contribution in [0.25, 0.3) is 0 Å². The summed E-state index contributed by atoms with van der Waals surface area (Å²) in [6.45, 7) is 8.40. The van der Waals surface area contributed by atoms with Crippen molar-refractivity contribution in [3.63, 3.8) is 0 Å². The van der Waals surface area contributed by atoms with E-state index in [1.807, 2.05) is 24.3 Å². The Hall–Kier alpha value is -0.730. The number of rotatable bonds is 6. The van der Waals surface area contributed by atoms with Gasteiger partial charge in [-0.05, 0) is 42.9 Å². The fourth-order valence-corrected chi connectivity index (χ4v) is 2.48. The van der Waals surface area contributed by atoms with Crippen LogP contribution >= 0.6 is 11.6 Å². The van der Waals surface area contributed by atoms with E-state index < -0.39 is 0 Å². The molecule has 1 saturated heterocycles. The minimum atomic E-state index is 0.114. The fraction of sp³-hybridized carbons (Fsp3) is 0.625. The van der Waals surface area contributed by atoms with Crippen LogP contribution in [0.2, 0.25) is 5.02 Å². The first-order chi connectivity index (χ1) is 8.93. The minimum Gasteiger partial charge on any atom is -0.494 e. The summed E-state index contributed by atoms with van der Waals surface area (Å²) in [5.74, 6) is 0.848. The molecule has 0 aromatic heterocycles. The molecule has 1 heterocycles. The first kappa shape index (κ1) is 14.7. The van der Waals surface area contributed by atoms with Crippen molar-refractivity contribution in [1.29, 1.82) is 0 Å². The van der Waals surface area contributed by atoms with Crippen LogP contribution in [0.4, 0.5) is 0 Å². The molecule has 0 bridgehead atoms. The van der Waals surface area contributed by atoms with E-state index in [4.69, 9.17) is 21.1 Å². The third-order valence-electron chi connectivity index (χ3n) is 3.90. The number of epoxide rings is 1. The molecule has 1 aromatic rings. The highest BCUT2D eigenvalue weighted by Gasteiger charge is 2.53. The summed E-state index contributed by atoms with van der Waals surface area (Å²) in [7, 11) is 0. The summed E-state index contributed by atoms with van der Waals surface area (Å²) >= 11 is 5.91. The molecule has 1 aliphatic heterocycles. The van der Waals surface area contributed by atoms with E-state index >= 15 is 0 Å². The zero-order valence-corrected chi connectivity index (χ0v) is 12.8. The molecule has 2 nitrogen and oxygen atoms in total. The SMILES string of the molecule is CC(C)(C)C1(CCCCOc2cccc(Cl)c2)CO1. The van der Waals surface area contributed by atoms with Crippen molar-refractivity contribution in [3.8, 4) is 5.75 Å². The maximum absolute atomic E-state index is 5.91. The van der Waals surface area contributed by atoms with Crippen LogP contribution in [0.3, 0.4) is 0 Å². The van der Waals surface area contributed by atoms with Crippen molar-refractivity contribution >= 4 is 11.6 Å². The lowest BCUT2D eigenvalue weighted by molar-refractivity contribution is 0.139. The molecule has 3 heteroatoms. The van der Waals surface area contributed by atoms with E-state index in [9.17, 15) is 0 Å². The molecule has 2 rings (SSSR count). The van der Waals surface area contributed by atoms with Gasteiger partial charge in [0.2, 0.25) is 0 Å². The molecule has 0 N–H and O–H groups in total. The molecular weight excluding hydrogens is 260 g/mol. The number of unbranched alkanes of at least 4 members (excludes halogenated alkanes) is 1. The van der Waals surface area contributed by atoms with Gasteiger partial charge >= 0.3 is 0 Å². The van der Waals surface area contributed by atoms with Gasteiger partial charge in [-0.15, -0.1) is 0 Å². The van der Waals surface area contributed by atoms with E-state index in [1.54, 1.807) is 0 Å². The summed E-state index contributed by atoms with van der Waals surface area (Å²) in [5.41, 5.74) is 0.351. The summed E-state index contributed by atoms with van der Waals surface area (Å²) in [4.78, 5) is 0. The third kappa shape index (κ3) is 3.87. The van der Waals surface area contributed by atoms with Gasteiger partial charge < -0.3 is 9.47 Å². The second-order valence-corrected chi connectivity index (χ2v) is 6.73. The smallest absolute Gasteiger partial charge is 0.120 e. The van der Waals surface area contributed by atoms with Gasteiger partial charge in [-0.25, -0.2) is 0 Å². The van der Waals surface area contributed by atoms with Crippen LogP contribution < -0.4 is 4.74 Å². The van der Waals surface area contributed by atoms with Gasteiger partial charge in [-0.1, -0.05) is 38.4 Å². The molecule has 19 heavy (non-hydrogen) atoms.